The van der Waals surface area contributed by atoms with Gasteiger partial charge in [0.1, 0.15) is 0 Å². The van der Waals surface area contributed by atoms with E-state index in [4.69, 9.17) is 0 Å². The summed E-state index contributed by atoms with van der Waals surface area (Å²) in [6.07, 6.45) is 0. The molecule has 0 unspecified atom stereocenters. The molecule has 0 N–H and O–H groups in total. The quantitative estimate of drug-likeness (QED) is 0.176. The first-order valence-corrected chi connectivity index (χ1v) is 16.8. The van der Waals surface area contributed by atoms with Gasteiger partial charge in [0.2, 0.25) is 0 Å². The Kier molecular flexibility index (Phi) is 5.20. The average Bonchev–Trinajstić information content (AvgIpc) is 3.66. The van der Waals surface area contributed by atoms with Crippen LogP contribution in [0, 0.1) is 0 Å². The maximum atomic E-state index is 2.51. The Labute approximate surface area is 277 Å². The number of benzene rings is 9. The third kappa shape index (κ3) is 3.34. The van der Waals surface area contributed by atoms with Gasteiger partial charge in [-0.1, -0.05) is 164 Å². The van der Waals surface area contributed by atoms with Gasteiger partial charge in [-0.15, -0.1) is 0 Å². The zero-order chi connectivity index (χ0) is 31.3. The van der Waals surface area contributed by atoms with Crippen LogP contribution in [0.1, 0.15) is 0 Å². The fourth-order valence-corrected chi connectivity index (χ4v) is 8.88. The molecular formula is C48H28. The molecule has 11 aromatic carbocycles. The first-order chi connectivity index (χ1) is 23.9. The summed E-state index contributed by atoms with van der Waals surface area (Å²) in [6.45, 7) is 0. The summed E-state index contributed by atoms with van der Waals surface area (Å²) < 4.78 is 0. The fraction of sp³-hybridized carbons (Fsp3) is 0. The van der Waals surface area contributed by atoms with E-state index in [1.807, 2.05) is 0 Å². The highest BCUT2D eigenvalue weighted by Gasteiger charge is 2.26. The third-order valence-corrected chi connectivity index (χ3v) is 10.7. The molecule has 11 aromatic rings. The molecule has 0 radical (unpaired) electrons. The minimum Gasteiger partial charge on any atom is -0.0622 e. The summed E-state index contributed by atoms with van der Waals surface area (Å²) >= 11 is 0. The van der Waals surface area contributed by atoms with Gasteiger partial charge in [-0.2, -0.15) is 0 Å². The van der Waals surface area contributed by atoms with Crippen LogP contribution < -0.4 is 0 Å². The van der Waals surface area contributed by atoms with E-state index in [2.05, 4.69) is 170 Å². The van der Waals surface area contributed by atoms with Crippen molar-refractivity contribution in [3.05, 3.63) is 170 Å². The molecule has 0 nitrogen and oxygen atoms in total. The van der Waals surface area contributed by atoms with Gasteiger partial charge in [-0.25, -0.2) is 0 Å². The summed E-state index contributed by atoms with van der Waals surface area (Å²) in [4.78, 5) is 0. The van der Waals surface area contributed by atoms with E-state index in [0.717, 1.165) is 0 Å². The summed E-state index contributed by atoms with van der Waals surface area (Å²) in [5.74, 6) is 0. The Morgan fingerprint density at radius 3 is 1.35 bits per heavy atom. The molecule has 0 atom stereocenters. The first kappa shape index (κ1) is 25.9. The summed E-state index contributed by atoms with van der Waals surface area (Å²) in [5, 5.41) is 18.6. The summed E-state index contributed by atoms with van der Waals surface area (Å²) in [5.41, 5.74) is 7.67. The lowest BCUT2D eigenvalue weighted by Gasteiger charge is -2.19. The Bertz CT molecular complexity index is 3010. The van der Waals surface area contributed by atoms with Crippen LogP contribution in [0.4, 0.5) is 0 Å². The Morgan fingerprint density at radius 2 is 0.667 bits per heavy atom. The van der Waals surface area contributed by atoms with Crippen LogP contribution in [-0.4, -0.2) is 0 Å². The van der Waals surface area contributed by atoms with Crippen molar-refractivity contribution in [1.29, 1.82) is 0 Å². The van der Waals surface area contributed by atoms with Gasteiger partial charge in [0.05, 0.1) is 0 Å². The zero-order valence-electron chi connectivity index (χ0n) is 26.2. The summed E-state index contributed by atoms with van der Waals surface area (Å²) in [7, 11) is 0. The van der Waals surface area contributed by atoms with E-state index in [0.29, 0.717) is 0 Å². The van der Waals surface area contributed by atoms with Crippen LogP contribution in [-0.2, 0) is 0 Å². The average molecular weight is 605 g/mol. The molecule has 0 aromatic heterocycles. The molecule has 0 heteroatoms. The summed E-state index contributed by atoms with van der Waals surface area (Å²) in [6, 6.07) is 63.0. The van der Waals surface area contributed by atoms with Gasteiger partial charge in [-0.3, -0.25) is 0 Å². The minimum absolute atomic E-state index is 1.25. The van der Waals surface area contributed by atoms with Gasteiger partial charge >= 0.3 is 0 Å². The van der Waals surface area contributed by atoms with Gasteiger partial charge in [0.25, 0.3) is 0 Å². The lowest BCUT2D eigenvalue weighted by atomic mass is 9.84. The standard InChI is InChI=1S/C48H28/c1-4-14-29(15-5-1)32-26-27-39-44-35(32)22-12-25-38(44)48-43(31-18-8-3-9-19-31)46-37-24-13-23-36-33-20-10-11-21-34(33)40(45(36)37)28-41(46)42(47(39)48)30-16-6-2-7-17-30/h1-28H. The van der Waals surface area contributed by atoms with Crippen molar-refractivity contribution in [2.45, 2.75) is 0 Å². The monoisotopic (exact) mass is 604 g/mol. The lowest BCUT2D eigenvalue weighted by molar-refractivity contribution is 1.67. The van der Waals surface area contributed by atoms with Crippen LogP contribution in [0.5, 0.6) is 0 Å². The van der Waals surface area contributed by atoms with Crippen molar-refractivity contribution in [3.63, 3.8) is 0 Å². The zero-order valence-corrected chi connectivity index (χ0v) is 26.2. The second-order valence-electron chi connectivity index (χ2n) is 13.1. The Morgan fingerprint density at radius 1 is 0.208 bits per heavy atom. The molecule has 48 heavy (non-hydrogen) atoms. The molecule has 0 fully saturated rings. The van der Waals surface area contributed by atoms with E-state index in [-0.39, 0.29) is 0 Å². The van der Waals surface area contributed by atoms with Crippen molar-refractivity contribution >= 4 is 75.4 Å². The molecule has 0 spiro atoms. The normalized spacial score (nSPS) is 12.2. The number of rotatable bonds is 3. The van der Waals surface area contributed by atoms with Crippen molar-refractivity contribution in [3.8, 4) is 33.4 Å². The highest BCUT2D eigenvalue weighted by molar-refractivity contribution is 6.45. The topological polar surface area (TPSA) is 0 Å². The van der Waals surface area contributed by atoms with Crippen LogP contribution in [0.15, 0.2) is 170 Å². The predicted molar refractivity (Wildman–Crippen MR) is 208 cm³/mol. The van der Waals surface area contributed by atoms with Crippen molar-refractivity contribution in [1.82, 2.24) is 0 Å². The molecule has 0 bridgehead atoms. The largest absolute Gasteiger partial charge is 0.0622 e. The van der Waals surface area contributed by atoms with E-state index in [1.165, 1.54) is 109 Å². The maximum Gasteiger partial charge on any atom is -0.000719 e. The lowest BCUT2D eigenvalue weighted by Crippen LogP contribution is -1.91. The third-order valence-electron chi connectivity index (χ3n) is 10.7. The molecule has 0 aliphatic rings. The van der Waals surface area contributed by atoms with Crippen molar-refractivity contribution < 1.29 is 0 Å². The SMILES string of the molecule is c1ccc(-c2ccc3c4c(-c5ccccc5)c5cc6c7ccccc7c7cccc(c5c(-c5ccccc5)c4c4cccc2c34)c76)cc1. The van der Waals surface area contributed by atoms with Gasteiger partial charge in [0, 0.05) is 0 Å². The smallest absolute Gasteiger partial charge is 0.000719 e. The first-order valence-electron chi connectivity index (χ1n) is 16.8. The van der Waals surface area contributed by atoms with E-state index in [1.54, 1.807) is 0 Å². The minimum atomic E-state index is 1.25. The van der Waals surface area contributed by atoms with Gasteiger partial charge in [0.15, 0.2) is 0 Å². The molecule has 0 aliphatic heterocycles. The maximum absolute atomic E-state index is 2.51. The fourth-order valence-electron chi connectivity index (χ4n) is 8.88. The van der Waals surface area contributed by atoms with Crippen LogP contribution in [0.25, 0.3) is 109 Å². The Hall–Kier alpha value is -6.24. The second kappa shape index (κ2) is 9.64. The van der Waals surface area contributed by atoms with Crippen LogP contribution in [0.3, 0.4) is 0 Å². The highest BCUT2D eigenvalue weighted by Crippen LogP contribution is 2.55. The molecule has 0 amide bonds. The van der Waals surface area contributed by atoms with E-state index < -0.39 is 0 Å². The number of fused-ring (bicyclic) bond motifs is 8. The van der Waals surface area contributed by atoms with Crippen LogP contribution in [0.2, 0.25) is 0 Å². The molecule has 0 heterocycles. The predicted octanol–water partition coefficient (Wildman–Crippen LogP) is 13.6. The van der Waals surface area contributed by atoms with E-state index in [9.17, 15) is 0 Å². The molecule has 0 aliphatic carbocycles. The highest BCUT2D eigenvalue weighted by atomic mass is 14.3. The Balaban J connectivity index is 1.48. The second-order valence-corrected chi connectivity index (χ2v) is 13.1. The molecule has 0 saturated carbocycles. The number of hydrogen-bond acceptors (Lipinski definition) is 0. The van der Waals surface area contributed by atoms with Crippen LogP contribution >= 0.6 is 0 Å². The molecule has 220 valence electrons. The van der Waals surface area contributed by atoms with Gasteiger partial charge in [-0.05, 0) is 115 Å². The van der Waals surface area contributed by atoms with Crippen molar-refractivity contribution in [2.75, 3.05) is 0 Å². The van der Waals surface area contributed by atoms with Gasteiger partial charge < -0.3 is 0 Å². The van der Waals surface area contributed by atoms with E-state index >= 15 is 0 Å². The molecule has 11 rings (SSSR count). The van der Waals surface area contributed by atoms with Crippen molar-refractivity contribution in [2.24, 2.45) is 0 Å². The number of hydrogen-bond donors (Lipinski definition) is 0. The molecule has 0 saturated heterocycles. The molecular weight excluding hydrogens is 577 g/mol.